The van der Waals surface area contributed by atoms with Crippen LogP contribution in [0.5, 0.6) is 0 Å². The molecular formula is C17H30O2. The van der Waals surface area contributed by atoms with Crippen LogP contribution in [0.25, 0.3) is 0 Å². The third kappa shape index (κ3) is 3.00. The van der Waals surface area contributed by atoms with E-state index in [1.54, 1.807) is 0 Å². The summed E-state index contributed by atoms with van der Waals surface area (Å²) in [5.41, 5.74) is 0.285. The van der Waals surface area contributed by atoms with Crippen LogP contribution in [0.15, 0.2) is 0 Å². The van der Waals surface area contributed by atoms with Crippen LogP contribution in [0.1, 0.15) is 59.3 Å². The average molecular weight is 266 g/mol. The van der Waals surface area contributed by atoms with Gasteiger partial charge in [0.05, 0.1) is 12.7 Å². The zero-order chi connectivity index (χ0) is 13.5. The van der Waals surface area contributed by atoms with E-state index in [0.717, 1.165) is 36.7 Å². The molecule has 0 N–H and O–H groups in total. The first-order chi connectivity index (χ1) is 9.07. The van der Waals surface area contributed by atoms with Gasteiger partial charge in [0.15, 0.2) is 0 Å². The maximum atomic E-state index is 6.14. The Morgan fingerprint density at radius 1 is 0.947 bits per heavy atom. The van der Waals surface area contributed by atoms with Gasteiger partial charge in [-0.15, -0.1) is 0 Å². The molecule has 0 aromatic heterocycles. The topological polar surface area (TPSA) is 18.5 Å². The fourth-order valence-electron chi connectivity index (χ4n) is 4.69. The molecule has 4 aliphatic carbocycles. The van der Waals surface area contributed by atoms with E-state index in [-0.39, 0.29) is 5.41 Å². The van der Waals surface area contributed by atoms with Crippen molar-refractivity contribution in [1.82, 2.24) is 0 Å². The van der Waals surface area contributed by atoms with Crippen molar-refractivity contribution in [2.45, 2.75) is 65.4 Å². The predicted octanol–water partition coefficient (Wildman–Crippen LogP) is 4.24. The molecule has 110 valence electrons. The normalized spacial score (nSPS) is 40.9. The van der Waals surface area contributed by atoms with Gasteiger partial charge >= 0.3 is 0 Å². The highest BCUT2D eigenvalue weighted by Gasteiger charge is 2.48. The molecule has 4 rings (SSSR count). The lowest BCUT2D eigenvalue weighted by Gasteiger charge is -2.53. The molecule has 4 fully saturated rings. The van der Waals surface area contributed by atoms with Crippen molar-refractivity contribution in [2.75, 3.05) is 13.4 Å². The van der Waals surface area contributed by atoms with Crippen molar-refractivity contribution in [3.8, 4) is 0 Å². The monoisotopic (exact) mass is 266 g/mol. The second-order valence-electron chi connectivity index (χ2n) is 8.05. The van der Waals surface area contributed by atoms with E-state index in [9.17, 15) is 0 Å². The van der Waals surface area contributed by atoms with Crippen LogP contribution in [-0.4, -0.2) is 19.5 Å². The Kier molecular flexibility index (Phi) is 3.92. The summed E-state index contributed by atoms with van der Waals surface area (Å²) in [7, 11) is 0. The summed E-state index contributed by atoms with van der Waals surface area (Å²) in [4.78, 5) is 0. The van der Waals surface area contributed by atoms with Gasteiger partial charge in [-0.2, -0.15) is 0 Å². The van der Waals surface area contributed by atoms with E-state index < -0.39 is 0 Å². The second-order valence-corrected chi connectivity index (χ2v) is 8.05. The summed E-state index contributed by atoms with van der Waals surface area (Å²) in [6.07, 6.45) is 8.90. The van der Waals surface area contributed by atoms with Gasteiger partial charge in [-0.25, -0.2) is 0 Å². The van der Waals surface area contributed by atoms with Crippen LogP contribution in [0, 0.1) is 29.1 Å². The first-order valence-electron chi connectivity index (χ1n) is 8.27. The standard InChI is InChI=1S/C17H30O2/c1-4-17(2,3)10-18-11-19-16-14-6-12-5-13(8-14)9-15(16)7-12/h12-16H,4-11H2,1-3H3. The highest BCUT2D eigenvalue weighted by atomic mass is 16.7. The Balaban J connectivity index is 1.44. The fourth-order valence-corrected chi connectivity index (χ4v) is 4.69. The molecule has 0 amide bonds. The molecule has 4 bridgehead atoms. The van der Waals surface area contributed by atoms with Gasteiger partial charge in [0, 0.05) is 0 Å². The zero-order valence-corrected chi connectivity index (χ0v) is 12.9. The minimum absolute atomic E-state index is 0.285. The SMILES string of the molecule is CCC(C)(C)COCOC1C2CC3CC(C2)CC1C3. The molecule has 0 heterocycles. The first-order valence-corrected chi connectivity index (χ1v) is 8.27. The number of hydrogen-bond acceptors (Lipinski definition) is 2. The summed E-state index contributed by atoms with van der Waals surface area (Å²) < 4.78 is 11.9. The molecule has 0 aromatic rings. The van der Waals surface area contributed by atoms with Crippen LogP contribution >= 0.6 is 0 Å². The van der Waals surface area contributed by atoms with E-state index in [0.29, 0.717) is 12.9 Å². The molecule has 2 heteroatoms. The van der Waals surface area contributed by atoms with Gasteiger partial charge in [0.1, 0.15) is 6.79 Å². The summed E-state index contributed by atoms with van der Waals surface area (Å²) >= 11 is 0. The van der Waals surface area contributed by atoms with Gasteiger partial charge in [-0.3, -0.25) is 0 Å². The maximum Gasteiger partial charge on any atom is 0.147 e. The van der Waals surface area contributed by atoms with Crippen LogP contribution in [0.2, 0.25) is 0 Å². The van der Waals surface area contributed by atoms with E-state index in [4.69, 9.17) is 9.47 Å². The van der Waals surface area contributed by atoms with Gasteiger partial charge in [0.2, 0.25) is 0 Å². The molecule has 0 aromatic carbocycles. The van der Waals surface area contributed by atoms with Crippen molar-refractivity contribution in [1.29, 1.82) is 0 Å². The molecule has 0 atom stereocenters. The summed E-state index contributed by atoms with van der Waals surface area (Å²) in [6.45, 7) is 8.07. The lowest BCUT2D eigenvalue weighted by molar-refractivity contribution is -0.181. The van der Waals surface area contributed by atoms with Crippen LogP contribution in [0.4, 0.5) is 0 Å². The average Bonchev–Trinajstić information content (AvgIpc) is 2.36. The van der Waals surface area contributed by atoms with E-state index in [1.165, 1.54) is 32.1 Å². The van der Waals surface area contributed by atoms with Crippen LogP contribution in [-0.2, 0) is 9.47 Å². The van der Waals surface area contributed by atoms with Gasteiger partial charge in [-0.1, -0.05) is 20.8 Å². The van der Waals surface area contributed by atoms with Gasteiger partial charge < -0.3 is 9.47 Å². The number of ether oxygens (including phenoxy) is 2. The first kappa shape index (κ1) is 13.9. The van der Waals surface area contributed by atoms with Crippen molar-refractivity contribution >= 4 is 0 Å². The highest BCUT2D eigenvalue weighted by molar-refractivity contribution is 4.98. The summed E-state index contributed by atoms with van der Waals surface area (Å²) in [5.74, 6) is 3.75. The lowest BCUT2D eigenvalue weighted by Crippen LogP contribution is -2.49. The van der Waals surface area contributed by atoms with Crippen molar-refractivity contribution in [3.63, 3.8) is 0 Å². The minimum atomic E-state index is 0.285. The van der Waals surface area contributed by atoms with Gasteiger partial charge in [0.25, 0.3) is 0 Å². The molecule has 19 heavy (non-hydrogen) atoms. The number of rotatable bonds is 6. The third-order valence-corrected chi connectivity index (χ3v) is 5.93. The molecule has 0 unspecified atom stereocenters. The van der Waals surface area contributed by atoms with Crippen molar-refractivity contribution < 1.29 is 9.47 Å². The van der Waals surface area contributed by atoms with Gasteiger partial charge in [-0.05, 0) is 67.6 Å². The number of hydrogen-bond donors (Lipinski definition) is 0. The third-order valence-electron chi connectivity index (χ3n) is 5.93. The second kappa shape index (κ2) is 5.37. The Morgan fingerprint density at radius 2 is 1.53 bits per heavy atom. The van der Waals surface area contributed by atoms with E-state index >= 15 is 0 Å². The fraction of sp³-hybridized carbons (Fsp3) is 1.00. The Bertz CT molecular complexity index is 282. The highest BCUT2D eigenvalue weighted by Crippen LogP contribution is 2.54. The zero-order valence-electron chi connectivity index (χ0n) is 12.9. The molecular weight excluding hydrogens is 236 g/mol. The summed E-state index contributed by atoms with van der Waals surface area (Å²) in [6, 6.07) is 0. The van der Waals surface area contributed by atoms with E-state index in [1.807, 2.05) is 0 Å². The van der Waals surface area contributed by atoms with Crippen LogP contribution < -0.4 is 0 Å². The molecule has 0 radical (unpaired) electrons. The Labute approximate surface area is 118 Å². The largest absolute Gasteiger partial charge is 0.355 e. The summed E-state index contributed by atoms with van der Waals surface area (Å²) in [5, 5.41) is 0. The predicted molar refractivity (Wildman–Crippen MR) is 76.8 cm³/mol. The Hall–Kier alpha value is -0.0800. The molecule has 0 spiro atoms. The van der Waals surface area contributed by atoms with Crippen molar-refractivity contribution in [2.24, 2.45) is 29.1 Å². The van der Waals surface area contributed by atoms with Crippen molar-refractivity contribution in [3.05, 3.63) is 0 Å². The maximum absolute atomic E-state index is 6.14. The molecule has 4 aliphatic rings. The molecule has 4 saturated carbocycles. The molecule has 0 saturated heterocycles. The Morgan fingerprint density at radius 3 is 2.05 bits per heavy atom. The molecule has 2 nitrogen and oxygen atoms in total. The van der Waals surface area contributed by atoms with E-state index in [2.05, 4.69) is 20.8 Å². The minimum Gasteiger partial charge on any atom is -0.355 e. The lowest BCUT2D eigenvalue weighted by atomic mass is 9.55. The molecule has 0 aliphatic heterocycles. The smallest absolute Gasteiger partial charge is 0.147 e. The van der Waals surface area contributed by atoms with Crippen LogP contribution in [0.3, 0.4) is 0 Å². The quantitative estimate of drug-likeness (QED) is 0.529.